The third kappa shape index (κ3) is 3.47. The molecule has 1 atom stereocenters. The Morgan fingerprint density at radius 2 is 1.50 bits per heavy atom. The topological polar surface area (TPSA) is 37.3 Å². The van der Waals surface area contributed by atoms with Gasteiger partial charge in [0.05, 0.1) is 5.92 Å². The summed E-state index contributed by atoms with van der Waals surface area (Å²) >= 11 is 0. The van der Waals surface area contributed by atoms with Gasteiger partial charge in [-0.25, -0.2) is 0 Å². The van der Waals surface area contributed by atoms with Gasteiger partial charge in [-0.1, -0.05) is 68.4 Å². The van der Waals surface area contributed by atoms with Crippen molar-refractivity contribution in [2.75, 3.05) is 0 Å². The van der Waals surface area contributed by atoms with E-state index in [4.69, 9.17) is 0 Å². The van der Waals surface area contributed by atoms with Crippen molar-refractivity contribution >= 4 is 5.97 Å². The number of hydrogen-bond acceptors (Lipinski definition) is 1. The molecule has 0 bridgehead atoms. The maximum atomic E-state index is 11.2. The fourth-order valence-corrected chi connectivity index (χ4v) is 2.33. The lowest BCUT2D eigenvalue weighted by Crippen LogP contribution is -2.22. The highest BCUT2D eigenvalue weighted by Crippen LogP contribution is 2.22. The highest BCUT2D eigenvalue weighted by atomic mass is 16.4. The summed E-state index contributed by atoms with van der Waals surface area (Å²) < 4.78 is 0. The van der Waals surface area contributed by atoms with Crippen LogP contribution < -0.4 is 0 Å². The van der Waals surface area contributed by atoms with E-state index in [0.717, 1.165) is 11.1 Å². The molecule has 2 rings (SSSR count). The van der Waals surface area contributed by atoms with Crippen LogP contribution in [0.15, 0.2) is 54.6 Å². The third-order valence-corrected chi connectivity index (χ3v) is 3.64. The fourth-order valence-electron chi connectivity index (χ4n) is 2.33. The first kappa shape index (κ1) is 14.3. The average molecular weight is 268 g/mol. The zero-order chi connectivity index (χ0) is 14.5. The molecule has 1 unspecified atom stereocenters. The second-order valence-corrected chi connectivity index (χ2v) is 5.46. The van der Waals surface area contributed by atoms with Crippen molar-refractivity contribution in [2.24, 2.45) is 11.8 Å². The van der Waals surface area contributed by atoms with E-state index in [1.165, 1.54) is 5.56 Å². The van der Waals surface area contributed by atoms with Crippen molar-refractivity contribution < 1.29 is 9.90 Å². The standard InChI is InChI=1S/C18H20O2/c1-13(2)17(18(19)20)12-14-8-10-16(11-9-14)15-6-4-3-5-7-15/h3-11,13,17H,12H2,1-2H3,(H,19,20). The molecule has 0 aliphatic rings. The highest BCUT2D eigenvalue weighted by molar-refractivity contribution is 5.71. The van der Waals surface area contributed by atoms with Gasteiger partial charge in [-0.15, -0.1) is 0 Å². The zero-order valence-electron chi connectivity index (χ0n) is 11.9. The first-order valence-corrected chi connectivity index (χ1v) is 6.95. The molecule has 0 saturated heterocycles. The first-order valence-electron chi connectivity index (χ1n) is 6.95. The lowest BCUT2D eigenvalue weighted by atomic mass is 9.89. The van der Waals surface area contributed by atoms with Gasteiger partial charge in [0.1, 0.15) is 0 Å². The van der Waals surface area contributed by atoms with E-state index in [0.29, 0.717) is 6.42 Å². The minimum atomic E-state index is -0.716. The molecule has 0 heterocycles. The summed E-state index contributed by atoms with van der Waals surface area (Å²) in [5.74, 6) is -0.897. The summed E-state index contributed by atoms with van der Waals surface area (Å²) in [5.41, 5.74) is 3.41. The molecule has 0 saturated carbocycles. The first-order chi connectivity index (χ1) is 9.58. The number of aliphatic carboxylic acids is 1. The van der Waals surface area contributed by atoms with Crippen molar-refractivity contribution in [3.8, 4) is 11.1 Å². The van der Waals surface area contributed by atoms with Gasteiger partial charge in [0.15, 0.2) is 0 Å². The summed E-state index contributed by atoms with van der Waals surface area (Å²) in [7, 11) is 0. The Bertz CT molecular complexity index is 556. The van der Waals surface area contributed by atoms with Crippen LogP contribution in [0, 0.1) is 11.8 Å². The largest absolute Gasteiger partial charge is 0.481 e. The molecule has 2 heteroatoms. The molecule has 1 N–H and O–H groups in total. The predicted octanol–water partition coefficient (Wildman–Crippen LogP) is 4.25. The predicted molar refractivity (Wildman–Crippen MR) is 81.5 cm³/mol. The molecule has 2 nitrogen and oxygen atoms in total. The van der Waals surface area contributed by atoms with Gasteiger partial charge >= 0.3 is 5.97 Å². The summed E-state index contributed by atoms with van der Waals surface area (Å²) in [6, 6.07) is 18.4. The number of hydrogen-bond donors (Lipinski definition) is 1. The maximum absolute atomic E-state index is 11.2. The third-order valence-electron chi connectivity index (χ3n) is 3.64. The van der Waals surface area contributed by atoms with Crippen LogP contribution in [-0.2, 0) is 11.2 Å². The van der Waals surface area contributed by atoms with E-state index in [2.05, 4.69) is 24.3 Å². The molecular formula is C18H20O2. The Morgan fingerprint density at radius 3 is 2.00 bits per heavy atom. The molecule has 0 aliphatic heterocycles. The highest BCUT2D eigenvalue weighted by Gasteiger charge is 2.21. The lowest BCUT2D eigenvalue weighted by Gasteiger charge is -2.16. The van der Waals surface area contributed by atoms with Crippen LogP contribution in [-0.4, -0.2) is 11.1 Å². The summed E-state index contributed by atoms with van der Waals surface area (Å²) in [6.07, 6.45) is 0.585. The smallest absolute Gasteiger partial charge is 0.307 e. The van der Waals surface area contributed by atoms with Gasteiger partial charge in [-0.05, 0) is 29.0 Å². The zero-order valence-corrected chi connectivity index (χ0v) is 11.9. The van der Waals surface area contributed by atoms with Crippen LogP contribution in [0.2, 0.25) is 0 Å². The number of benzene rings is 2. The van der Waals surface area contributed by atoms with E-state index < -0.39 is 5.97 Å². The van der Waals surface area contributed by atoms with E-state index in [1.54, 1.807) is 0 Å². The van der Waals surface area contributed by atoms with Crippen LogP contribution in [0.25, 0.3) is 11.1 Å². The minimum absolute atomic E-state index is 0.140. The molecule has 104 valence electrons. The van der Waals surface area contributed by atoms with Crippen molar-refractivity contribution in [1.29, 1.82) is 0 Å². The van der Waals surface area contributed by atoms with Gasteiger partial charge in [0.25, 0.3) is 0 Å². The number of rotatable bonds is 5. The number of carbonyl (C=O) groups is 1. The quantitative estimate of drug-likeness (QED) is 0.880. The molecule has 2 aromatic rings. The van der Waals surface area contributed by atoms with Crippen molar-refractivity contribution in [3.63, 3.8) is 0 Å². The molecule has 0 fully saturated rings. The van der Waals surface area contributed by atoms with Crippen LogP contribution in [0.1, 0.15) is 19.4 Å². The Labute approximate surface area is 120 Å². The Balaban J connectivity index is 2.14. The summed E-state index contributed by atoms with van der Waals surface area (Å²) in [4.78, 5) is 11.2. The summed E-state index contributed by atoms with van der Waals surface area (Å²) in [6.45, 7) is 3.91. The fraction of sp³-hybridized carbons (Fsp3) is 0.278. The van der Waals surface area contributed by atoms with Crippen LogP contribution in [0.3, 0.4) is 0 Å². The normalized spacial score (nSPS) is 12.3. The molecule has 0 aliphatic carbocycles. The van der Waals surface area contributed by atoms with E-state index >= 15 is 0 Å². The van der Waals surface area contributed by atoms with E-state index in [1.807, 2.05) is 44.2 Å². The van der Waals surface area contributed by atoms with Crippen LogP contribution >= 0.6 is 0 Å². The average Bonchev–Trinajstić information content (AvgIpc) is 2.45. The SMILES string of the molecule is CC(C)C(Cc1ccc(-c2ccccc2)cc1)C(=O)O. The van der Waals surface area contributed by atoms with Gasteiger partial charge in [-0.3, -0.25) is 4.79 Å². The molecule has 20 heavy (non-hydrogen) atoms. The number of carboxylic acids is 1. The van der Waals surface area contributed by atoms with Gasteiger partial charge in [-0.2, -0.15) is 0 Å². The molecule has 2 aromatic carbocycles. The minimum Gasteiger partial charge on any atom is -0.481 e. The van der Waals surface area contributed by atoms with E-state index in [9.17, 15) is 9.90 Å². The van der Waals surface area contributed by atoms with Gasteiger partial charge < -0.3 is 5.11 Å². The lowest BCUT2D eigenvalue weighted by molar-refractivity contribution is -0.143. The monoisotopic (exact) mass is 268 g/mol. The Hall–Kier alpha value is -2.09. The second-order valence-electron chi connectivity index (χ2n) is 5.46. The number of carboxylic acid groups (broad SMARTS) is 1. The molecule has 0 amide bonds. The van der Waals surface area contributed by atoms with Crippen molar-refractivity contribution in [1.82, 2.24) is 0 Å². The molecule has 0 aromatic heterocycles. The molecule has 0 radical (unpaired) electrons. The van der Waals surface area contributed by atoms with Gasteiger partial charge in [0, 0.05) is 0 Å². The molecular weight excluding hydrogens is 248 g/mol. The second kappa shape index (κ2) is 6.38. The van der Waals surface area contributed by atoms with Crippen molar-refractivity contribution in [2.45, 2.75) is 20.3 Å². The Kier molecular flexibility index (Phi) is 4.57. The van der Waals surface area contributed by atoms with E-state index in [-0.39, 0.29) is 11.8 Å². The molecule has 0 spiro atoms. The van der Waals surface area contributed by atoms with Crippen molar-refractivity contribution in [3.05, 3.63) is 60.2 Å². The van der Waals surface area contributed by atoms with Gasteiger partial charge in [0.2, 0.25) is 0 Å². The Morgan fingerprint density at radius 1 is 0.950 bits per heavy atom. The summed E-state index contributed by atoms with van der Waals surface area (Å²) in [5, 5.41) is 9.24. The van der Waals surface area contributed by atoms with Crippen LogP contribution in [0.5, 0.6) is 0 Å². The maximum Gasteiger partial charge on any atom is 0.307 e. The van der Waals surface area contributed by atoms with Crippen LogP contribution in [0.4, 0.5) is 0 Å².